The highest BCUT2D eigenvalue weighted by Crippen LogP contribution is 2.33. The second-order valence-electron chi connectivity index (χ2n) is 8.56. The molecule has 0 N–H and O–H groups in total. The molecule has 8 nitrogen and oxygen atoms in total. The van der Waals surface area contributed by atoms with Gasteiger partial charge >= 0.3 is 0 Å². The quantitative estimate of drug-likeness (QED) is 0.247. The zero-order valence-electron chi connectivity index (χ0n) is 22.2. The van der Waals surface area contributed by atoms with E-state index in [2.05, 4.69) is 0 Å². The first-order valence-electron chi connectivity index (χ1n) is 12.5. The minimum atomic E-state index is -0.136. The predicted octanol–water partition coefficient (Wildman–Crippen LogP) is 5.53. The number of carbonyl (C=O) groups is 1. The predicted molar refractivity (Wildman–Crippen MR) is 146 cm³/mol. The lowest BCUT2D eigenvalue weighted by atomic mass is 10.1. The van der Waals surface area contributed by atoms with Gasteiger partial charge in [-0.2, -0.15) is 5.10 Å². The molecule has 0 bridgehead atoms. The van der Waals surface area contributed by atoms with Gasteiger partial charge in [-0.15, -0.1) is 0 Å². The van der Waals surface area contributed by atoms with E-state index in [1.165, 1.54) is 0 Å². The van der Waals surface area contributed by atoms with Crippen molar-refractivity contribution in [1.29, 1.82) is 0 Å². The highest BCUT2D eigenvalue weighted by molar-refractivity contribution is 5.94. The Balaban J connectivity index is 1.79. The van der Waals surface area contributed by atoms with Gasteiger partial charge in [0.2, 0.25) is 5.88 Å². The number of nitrogens with zero attached hydrogens (tertiary/aromatic N) is 3. The molecular formula is C30H33N3O5. The molecule has 0 spiro atoms. The van der Waals surface area contributed by atoms with E-state index < -0.39 is 0 Å². The van der Waals surface area contributed by atoms with Gasteiger partial charge < -0.3 is 23.8 Å². The van der Waals surface area contributed by atoms with E-state index in [4.69, 9.17) is 24.0 Å². The smallest absolute Gasteiger partial charge is 0.254 e. The zero-order chi connectivity index (χ0) is 26.9. The first-order valence-corrected chi connectivity index (χ1v) is 12.5. The van der Waals surface area contributed by atoms with Crippen LogP contribution in [0.25, 0.3) is 5.69 Å². The lowest BCUT2D eigenvalue weighted by molar-refractivity contribution is 0.0678. The molecule has 4 aromatic rings. The Bertz CT molecular complexity index is 1350. The molecular weight excluding hydrogens is 482 g/mol. The van der Waals surface area contributed by atoms with Gasteiger partial charge in [-0.05, 0) is 48.9 Å². The highest BCUT2D eigenvalue weighted by Gasteiger charge is 2.25. The van der Waals surface area contributed by atoms with Crippen LogP contribution in [0, 0.1) is 0 Å². The Morgan fingerprint density at radius 3 is 2.24 bits per heavy atom. The van der Waals surface area contributed by atoms with Gasteiger partial charge in [0.15, 0.2) is 0 Å². The molecule has 1 amide bonds. The van der Waals surface area contributed by atoms with Crippen LogP contribution >= 0.6 is 0 Å². The van der Waals surface area contributed by atoms with Crippen LogP contribution in [0.15, 0.2) is 78.9 Å². The Hall–Kier alpha value is -4.30. The number of ether oxygens (including phenoxy) is 4. The zero-order valence-corrected chi connectivity index (χ0v) is 22.2. The molecule has 1 heterocycles. The van der Waals surface area contributed by atoms with Crippen molar-refractivity contribution in [2.24, 2.45) is 0 Å². The first kappa shape index (κ1) is 26.8. The summed E-state index contributed by atoms with van der Waals surface area (Å²) in [7, 11) is 4.82. The van der Waals surface area contributed by atoms with Crippen molar-refractivity contribution in [1.82, 2.24) is 14.7 Å². The maximum atomic E-state index is 13.7. The first-order chi connectivity index (χ1) is 18.6. The van der Waals surface area contributed by atoms with E-state index in [1.54, 1.807) is 43.0 Å². The third kappa shape index (κ3) is 6.15. The van der Waals surface area contributed by atoms with Crippen molar-refractivity contribution in [3.63, 3.8) is 0 Å². The Morgan fingerprint density at radius 2 is 1.55 bits per heavy atom. The third-order valence-corrected chi connectivity index (χ3v) is 6.13. The maximum Gasteiger partial charge on any atom is 0.254 e. The average Bonchev–Trinajstić information content (AvgIpc) is 3.31. The average molecular weight is 516 g/mol. The molecule has 198 valence electrons. The van der Waals surface area contributed by atoms with E-state index in [0.29, 0.717) is 48.3 Å². The third-order valence-electron chi connectivity index (χ3n) is 6.13. The lowest BCUT2D eigenvalue weighted by Gasteiger charge is -2.23. The number of carbonyl (C=O) groups excluding carboxylic acids is 1. The minimum Gasteiger partial charge on any atom is -0.497 e. The van der Waals surface area contributed by atoms with Crippen LogP contribution < -0.4 is 14.2 Å². The SMILES string of the molecule is CCc1nn(-c2ccccc2)c(Oc2cccc(OC)c2)c1CN(CCOC)C(=O)c1cccc(OC)c1. The fraction of sp³-hybridized carbons (Fsp3) is 0.267. The molecule has 0 atom stereocenters. The number of hydrogen-bond acceptors (Lipinski definition) is 6. The summed E-state index contributed by atoms with van der Waals surface area (Å²) in [4.78, 5) is 15.4. The number of hydrogen-bond donors (Lipinski definition) is 0. The van der Waals surface area contributed by atoms with Gasteiger partial charge in [-0.25, -0.2) is 4.68 Å². The van der Waals surface area contributed by atoms with E-state index in [0.717, 1.165) is 16.9 Å². The van der Waals surface area contributed by atoms with Crippen LogP contribution in [0.4, 0.5) is 0 Å². The van der Waals surface area contributed by atoms with Crippen LogP contribution in [-0.2, 0) is 17.7 Å². The maximum absolute atomic E-state index is 13.7. The van der Waals surface area contributed by atoms with E-state index >= 15 is 0 Å². The van der Waals surface area contributed by atoms with Gasteiger partial charge in [0.25, 0.3) is 5.91 Å². The van der Waals surface area contributed by atoms with Crippen molar-refractivity contribution in [3.8, 4) is 28.8 Å². The van der Waals surface area contributed by atoms with Gasteiger partial charge in [-0.1, -0.05) is 37.3 Å². The van der Waals surface area contributed by atoms with Crippen LogP contribution in [-0.4, -0.2) is 55.1 Å². The summed E-state index contributed by atoms with van der Waals surface area (Å²) in [6.45, 7) is 3.11. The van der Waals surface area contributed by atoms with Crippen molar-refractivity contribution in [2.45, 2.75) is 19.9 Å². The van der Waals surface area contributed by atoms with E-state index in [9.17, 15) is 4.79 Å². The largest absolute Gasteiger partial charge is 0.497 e. The Kier molecular flexibility index (Phi) is 9.00. The van der Waals surface area contributed by atoms with E-state index in [-0.39, 0.29) is 12.5 Å². The molecule has 38 heavy (non-hydrogen) atoms. The molecule has 0 aliphatic heterocycles. The van der Waals surface area contributed by atoms with Crippen LogP contribution in [0.2, 0.25) is 0 Å². The summed E-state index contributed by atoms with van der Waals surface area (Å²) in [5.41, 5.74) is 3.05. The van der Waals surface area contributed by atoms with Crippen LogP contribution in [0.3, 0.4) is 0 Å². The van der Waals surface area contributed by atoms with Crippen molar-refractivity contribution >= 4 is 5.91 Å². The monoisotopic (exact) mass is 515 g/mol. The number of amides is 1. The van der Waals surface area contributed by atoms with Crippen molar-refractivity contribution in [3.05, 3.63) is 95.7 Å². The molecule has 0 radical (unpaired) electrons. The van der Waals surface area contributed by atoms with Gasteiger partial charge in [0.05, 0.1) is 44.3 Å². The standard InChI is InChI=1S/C30H33N3O5/c1-5-28-27(21-32(17-18-35-2)29(34)22-11-9-14-24(19-22)36-3)30(33(31-28)23-12-7-6-8-13-23)38-26-16-10-15-25(20-26)37-4/h6-16,19-20H,5,17-18,21H2,1-4H3. The fourth-order valence-corrected chi connectivity index (χ4v) is 4.13. The fourth-order valence-electron chi connectivity index (χ4n) is 4.13. The summed E-state index contributed by atoms with van der Waals surface area (Å²) >= 11 is 0. The minimum absolute atomic E-state index is 0.136. The summed E-state index contributed by atoms with van der Waals surface area (Å²) in [6, 6.07) is 24.4. The molecule has 0 fully saturated rings. The Labute approximate surface area is 223 Å². The molecule has 1 aromatic heterocycles. The number of para-hydroxylation sites is 1. The number of methoxy groups -OCH3 is 3. The number of aryl methyl sites for hydroxylation is 1. The lowest BCUT2D eigenvalue weighted by Crippen LogP contribution is -2.33. The number of rotatable bonds is 12. The second-order valence-corrected chi connectivity index (χ2v) is 8.56. The molecule has 3 aromatic carbocycles. The normalized spacial score (nSPS) is 10.7. The topological polar surface area (TPSA) is 75.0 Å². The second kappa shape index (κ2) is 12.8. The summed E-state index contributed by atoms with van der Waals surface area (Å²) < 4.78 is 24.3. The molecule has 4 rings (SSSR count). The van der Waals surface area contributed by atoms with Gasteiger partial charge in [-0.3, -0.25) is 4.79 Å². The van der Waals surface area contributed by atoms with Crippen molar-refractivity contribution in [2.75, 3.05) is 34.5 Å². The van der Waals surface area contributed by atoms with Crippen LogP contribution in [0.5, 0.6) is 23.1 Å². The van der Waals surface area contributed by atoms with Gasteiger partial charge in [0, 0.05) is 25.3 Å². The summed E-state index contributed by atoms with van der Waals surface area (Å²) in [6.07, 6.45) is 0.662. The summed E-state index contributed by atoms with van der Waals surface area (Å²) in [5, 5.41) is 4.90. The molecule has 0 aliphatic carbocycles. The van der Waals surface area contributed by atoms with E-state index in [1.807, 2.05) is 73.7 Å². The summed E-state index contributed by atoms with van der Waals surface area (Å²) in [5.74, 6) is 2.31. The van der Waals surface area contributed by atoms with Crippen LogP contribution in [0.1, 0.15) is 28.5 Å². The molecule has 0 aliphatic rings. The molecule has 0 saturated heterocycles. The highest BCUT2D eigenvalue weighted by atomic mass is 16.5. The Morgan fingerprint density at radius 1 is 0.868 bits per heavy atom. The van der Waals surface area contributed by atoms with Gasteiger partial charge in [0.1, 0.15) is 17.2 Å². The number of aromatic nitrogens is 2. The molecule has 0 saturated carbocycles. The molecule has 0 unspecified atom stereocenters. The van der Waals surface area contributed by atoms with Crippen molar-refractivity contribution < 1.29 is 23.7 Å². The number of benzene rings is 3. The molecule has 8 heteroatoms.